The van der Waals surface area contributed by atoms with Crippen molar-refractivity contribution < 1.29 is 9.59 Å². The summed E-state index contributed by atoms with van der Waals surface area (Å²) in [5.41, 5.74) is 2.81. The lowest BCUT2D eigenvalue weighted by Crippen LogP contribution is -2.34. The molecule has 1 aliphatic rings. The van der Waals surface area contributed by atoms with E-state index < -0.39 is 0 Å². The second-order valence-electron chi connectivity index (χ2n) is 5.60. The first kappa shape index (κ1) is 16.4. The summed E-state index contributed by atoms with van der Waals surface area (Å²) in [5, 5.41) is 8.46. The van der Waals surface area contributed by atoms with Gasteiger partial charge >= 0.3 is 6.03 Å². The van der Waals surface area contributed by atoms with Crippen LogP contribution in [-0.4, -0.2) is 17.2 Å². The summed E-state index contributed by atoms with van der Waals surface area (Å²) < 4.78 is 0. The van der Waals surface area contributed by atoms with Gasteiger partial charge in [0.1, 0.15) is 0 Å². The quantitative estimate of drug-likeness (QED) is 0.800. The SMILES string of the molecule is CC1Sc2ccc(CNC(=O)NCc3ccccc3)cc2NC1=O. The van der Waals surface area contributed by atoms with Crippen LogP contribution in [0.1, 0.15) is 18.1 Å². The zero-order chi connectivity index (χ0) is 16.9. The second-order valence-corrected chi connectivity index (χ2v) is 6.98. The summed E-state index contributed by atoms with van der Waals surface area (Å²) in [6.07, 6.45) is 0. The second kappa shape index (κ2) is 7.40. The number of nitrogens with one attached hydrogen (secondary N) is 3. The molecule has 3 rings (SSSR count). The van der Waals surface area contributed by atoms with Gasteiger partial charge in [-0.2, -0.15) is 0 Å². The Balaban J connectivity index is 1.52. The number of carbonyl (C=O) groups is 2. The summed E-state index contributed by atoms with van der Waals surface area (Å²) >= 11 is 1.55. The van der Waals surface area contributed by atoms with Gasteiger partial charge < -0.3 is 16.0 Å². The lowest BCUT2D eigenvalue weighted by Gasteiger charge is -2.22. The largest absolute Gasteiger partial charge is 0.334 e. The Bertz CT molecular complexity index is 749. The summed E-state index contributed by atoms with van der Waals surface area (Å²) in [6.45, 7) is 2.78. The Morgan fingerprint density at radius 1 is 1.08 bits per heavy atom. The number of anilines is 1. The molecule has 0 aromatic heterocycles. The van der Waals surface area contributed by atoms with Crippen LogP contribution in [0.4, 0.5) is 10.5 Å². The van der Waals surface area contributed by atoms with Gasteiger partial charge in [0.25, 0.3) is 0 Å². The van der Waals surface area contributed by atoms with Gasteiger partial charge in [-0.3, -0.25) is 4.79 Å². The smallest absolute Gasteiger partial charge is 0.315 e. The molecule has 0 aliphatic carbocycles. The van der Waals surface area contributed by atoms with Crippen molar-refractivity contribution in [2.24, 2.45) is 0 Å². The molecule has 0 spiro atoms. The Hall–Kier alpha value is -2.47. The van der Waals surface area contributed by atoms with Crippen molar-refractivity contribution in [2.45, 2.75) is 30.2 Å². The number of thioether (sulfide) groups is 1. The van der Waals surface area contributed by atoms with Crippen LogP contribution in [0, 0.1) is 0 Å². The molecule has 3 amide bonds. The molecule has 1 unspecified atom stereocenters. The molecule has 0 radical (unpaired) electrons. The molecule has 24 heavy (non-hydrogen) atoms. The number of fused-ring (bicyclic) bond motifs is 1. The highest BCUT2D eigenvalue weighted by molar-refractivity contribution is 8.00. The van der Waals surface area contributed by atoms with E-state index in [0.717, 1.165) is 21.7 Å². The van der Waals surface area contributed by atoms with Crippen LogP contribution in [0.25, 0.3) is 0 Å². The van der Waals surface area contributed by atoms with Crippen LogP contribution in [0.15, 0.2) is 53.4 Å². The van der Waals surface area contributed by atoms with Gasteiger partial charge in [0.2, 0.25) is 5.91 Å². The van der Waals surface area contributed by atoms with Crippen LogP contribution >= 0.6 is 11.8 Å². The lowest BCUT2D eigenvalue weighted by molar-refractivity contribution is -0.115. The predicted molar refractivity (Wildman–Crippen MR) is 95.9 cm³/mol. The highest BCUT2D eigenvalue weighted by Gasteiger charge is 2.22. The minimum Gasteiger partial charge on any atom is -0.334 e. The Morgan fingerprint density at radius 2 is 1.79 bits per heavy atom. The fourth-order valence-electron chi connectivity index (χ4n) is 2.39. The molecule has 5 nitrogen and oxygen atoms in total. The standard InChI is InChI=1S/C18H19N3O2S/c1-12-17(22)21-15-9-14(7-8-16(15)24-12)11-20-18(23)19-10-13-5-3-2-4-6-13/h2-9,12H,10-11H2,1H3,(H,21,22)(H2,19,20,23). The number of rotatable bonds is 4. The van der Waals surface area contributed by atoms with Gasteiger partial charge in [0, 0.05) is 18.0 Å². The maximum atomic E-state index is 11.9. The zero-order valence-electron chi connectivity index (χ0n) is 13.3. The summed E-state index contributed by atoms with van der Waals surface area (Å²) in [7, 11) is 0. The van der Waals surface area contributed by atoms with Gasteiger partial charge in [-0.15, -0.1) is 11.8 Å². The zero-order valence-corrected chi connectivity index (χ0v) is 14.2. The third-order valence-corrected chi connectivity index (χ3v) is 4.90. The number of urea groups is 1. The molecule has 3 N–H and O–H groups in total. The molecule has 1 aliphatic heterocycles. The van der Waals surface area contributed by atoms with E-state index in [-0.39, 0.29) is 17.2 Å². The van der Waals surface area contributed by atoms with Gasteiger partial charge in [-0.25, -0.2) is 4.79 Å². The summed E-state index contributed by atoms with van der Waals surface area (Å²) in [6, 6.07) is 15.4. The summed E-state index contributed by atoms with van der Waals surface area (Å²) in [4.78, 5) is 24.7. The average molecular weight is 341 g/mol. The molecule has 1 atom stereocenters. The van der Waals surface area contributed by atoms with Crippen molar-refractivity contribution in [1.29, 1.82) is 0 Å². The number of carbonyl (C=O) groups excluding carboxylic acids is 2. The van der Waals surface area contributed by atoms with E-state index in [1.807, 2.05) is 55.5 Å². The number of hydrogen-bond acceptors (Lipinski definition) is 3. The van der Waals surface area contributed by atoms with Crippen molar-refractivity contribution in [2.75, 3.05) is 5.32 Å². The minimum absolute atomic E-state index is 0.0122. The molecule has 2 aromatic carbocycles. The molecule has 0 bridgehead atoms. The fraction of sp³-hybridized carbons (Fsp3) is 0.222. The molecule has 124 valence electrons. The molecule has 0 fully saturated rings. The molecule has 1 heterocycles. The average Bonchev–Trinajstić information content (AvgIpc) is 2.60. The molecular weight excluding hydrogens is 322 g/mol. The van der Waals surface area contributed by atoms with Crippen molar-refractivity contribution in [3.05, 3.63) is 59.7 Å². The summed E-state index contributed by atoms with van der Waals surface area (Å²) in [5.74, 6) is 0.0122. The van der Waals surface area contributed by atoms with Crippen molar-refractivity contribution in [3.8, 4) is 0 Å². The van der Waals surface area contributed by atoms with Crippen molar-refractivity contribution >= 4 is 29.4 Å². The highest BCUT2D eigenvalue weighted by Crippen LogP contribution is 2.35. The number of amides is 3. The van der Waals surface area contributed by atoms with E-state index in [2.05, 4.69) is 16.0 Å². The van der Waals surface area contributed by atoms with E-state index in [0.29, 0.717) is 13.1 Å². The molecule has 0 saturated carbocycles. The number of benzene rings is 2. The topological polar surface area (TPSA) is 70.2 Å². The molecule has 2 aromatic rings. The third kappa shape index (κ3) is 4.08. The Morgan fingerprint density at radius 3 is 2.54 bits per heavy atom. The first-order chi connectivity index (χ1) is 11.6. The first-order valence-corrected chi connectivity index (χ1v) is 8.66. The van der Waals surface area contributed by atoms with E-state index in [9.17, 15) is 9.59 Å². The molecule has 6 heteroatoms. The maximum absolute atomic E-state index is 11.9. The van der Waals surface area contributed by atoms with Crippen molar-refractivity contribution in [3.63, 3.8) is 0 Å². The Labute approximate surface area is 145 Å². The van der Waals surface area contributed by atoms with Crippen LogP contribution in [0.5, 0.6) is 0 Å². The van der Waals surface area contributed by atoms with E-state index in [1.165, 1.54) is 0 Å². The normalized spacial score (nSPS) is 16.0. The molecule has 0 saturated heterocycles. The first-order valence-electron chi connectivity index (χ1n) is 7.78. The third-order valence-electron chi connectivity index (χ3n) is 3.72. The van der Waals surface area contributed by atoms with Gasteiger partial charge in [0.05, 0.1) is 10.9 Å². The van der Waals surface area contributed by atoms with Crippen LogP contribution < -0.4 is 16.0 Å². The monoisotopic (exact) mass is 341 g/mol. The minimum atomic E-state index is -0.219. The van der Waals surface area contributed by atoms with E-state index >= 15 is 0 Å². The van der Waals surface area contributed by atoms with Crippen LogP contribution in [-0.2, 0) is 17.9 Å². The van der Waals surface area contributed by atoms with Gasteiger partial charge in [-0.1, -0.05) is 36.4 Å². The van der Waals surface area contributed by atoms with Gasteiger partial charge in [0.15, 0.2) is 0 Å². The van der Waals surface area contributed by atoms with Gasteiger partial charge in [-0.05, 0) is 30.2 Å². The van der Waals surface area contributed by atoms with E-state index in [1.54, 1.807) is 11.8 Å². The van der Waals surface area contributed by atoms with Crippen LogP contribution in [0.3, 0.4) is 0 Å². The molecular formula is C18H19N3O2S. The fourth-order valence-corrected chi connectivity index (χ4v) is 3.32. The lowest BCUT2D eigenvalue weighted by atomic mass is 10.2. The van der Waals surface area contributed by atoms with Crippen molar-refractivity contribution in [1.82, 2.24) is 10.6 Å². The highest BCUT2D eigenvalue weighted by atomic mass is 32.2. The predicted octanol–water partition coefficient (Wildman–Crippen LogP) is 3.12. The van der Waals surface area contributed by atoms with E-state index in [4.69, 9.17) is 0 Å². The number of hydrogen-bond donors (Lipinski definition) is 3. The Kier molecular flexibility index (Phi) is 5.05. The van der Waals surface area contributed by atoms with Crippen LogP contribution in [0.2, 0.25) is 0 Å². The maximum Gasteiger partial charge on any atom is 0.315 e.